The predicted molar refractivity (Wildman–Crippen MR) is 88.1 cm³/mol. The second-order valence-electron chi connectivity index (χ2n) is 5.22. The minimum atomic E-state index is -0.655. The van der Waals surface area contributed by atoms with Crippen LogP contribution >= 0.6 is 11.8 Å². The Balaban J connectivity index is 1.55. The molecule has 1 N–H and O–H groups in total. The Hall–Kier alpha value is -2.09. The van der Waals surface area contributed by atoms with Gasteiger partial charge in [0.25, 0.3) is 0 Å². The van der Waals surface area contributed by atoms with E-state index in [1.165, 1.54) is 22.7 Å². The largest absolute Gasteiger partial charge is 0.366 e. The van der Waals surface area contributed by atoms with Crippen molar-refractivity contribution in [1.82, 2.24) is 10.2 Å². The molecule has 0 aliphatic carbocycles. The average Bonchev–Trinajstić information content (AvgIpc) is 3.08. The number of aliphatic imine (C=N–C) groups is 1. The van der Waals surface area contributed by atoms with E-state index in [1.54, 1.807) is 18.2 Å². The van der Waals surface area contributed by atoms with E-state index in [0.29, 0.717) is 43.6 Å². The van der Waals surface area contributed by atoms with Crippen LogP contribution < -0.4 is 10.2 Å². The van der Waals surface area contributed by atoms with E-state index < -0.39 is 11.8 Å². The van der Waals surface area contributed by atoms with Gasteiger partial charge in [0, 0.05) is 31.9 Å². The molecule has 0 saturated carbocycles. The summed E-state index contributed by atoms with van der Waals surface area (Å²) in [6.07, 6.45) is 0. The highest BCUT2D eigenvalue weighted by atomic mass is 32.2. The van der Waals surface area contributed by atoms with E-state index in [2.05, 4.69) is 10.3 Å². The van der Waals surface area contributed by atoms with Crippen molar-refractivity contribution in [2.24, 2.45) is 4.99 Å². The molecule has 2 aliphatic heterocycles. The van der Waals surface area contributed by atoms with Crippen LogP contribution in [0, 0.1) is 5.82 Å². The summed E-state index contributed by atoms with van der Waals surface area (Å²) in [5.41, 5.74) is 0.528. The second kappa shape index (κ2) is 6.99. The number of thioether (sulfide) groups is 1. The van der Waals surface area contributed by atoms with Crippen LogP contribution in [0.3, 0.4) is 0 Å². The first-order chi connectivity index (χ1) is 11.1. The van der Waals surface area contributed by atoms with Crippen molar-refractivity contribution in [2.75, 3.05) is 43.4 Å². The third-order valence-corrected chi connectivity index (χ3v) is 4.65. The monoisotopic (exact) mass is 336 g/mol. The number of anilines is 1. The second-order valence-corrected chi connectivity index (χ2v) is 6.30. The molecule has 122 valence electrons. The lowest BCUT2D eigenvalue weighted by Crippen LogP contribution is -2.53. The number of halogens is 1. The van der Waals surface area contributed by atoms with Crippen LogP contribution in [0.25, 0.3) is 0 Å². The van der Waals surface area contributed by atoms with Crippen LogP contribution in [0.1, 0.15) is 0 Å². The van der Waals surface area contributed by atoms with Crippen LogP contribution in [0.15, 0.2) is 29.3 Å². The minimum Gasteiger partial charge on any atom is -0.366 e. The lowest BCUT2D eigenvalue weighted by atomic mass is 10.2. The number of nitrogens with zero attached hydrogens (tertiary/aromatic N) is 3. The fraction of sp³-hybridized carbons (Fsp3) is 0.400. The summed E-state index contributed by atoms with van der Waals surface area (Å²) >= 11 is 1.43. The number of carbonyl (C=O) groups excluding carboxylic acids is 2. The minimum absolute atomic E-state index is 0.277. The highest BCUT2D eigenvalue weighted by Gasteiger charge is 2.27. The van der Waals surface area contributed by atoms with E-state index in [9.17, 15) is 14.0 Å². The molecular weight excluding hydrogens is 319 g/mol. The van der Waals surface area contributed by atoms with Crippen molar-refractivity contribution in [3.05, 3.63) is 30.1 Å². The number of benzene rings is 1. The smallest absolute Gasteiger partial charge is 0.315 e. The number of amides is 2. The Morgan fingerprint density at radius 1 is 1.17 bits per heavy atom. The lowest BCUT2D eigenvalue weighted by molar-refractivity contribution is -0.145. The molecule has 3 rings (SSSR count). The van der Waals surface area contributed by atoms with Crippen molar-refractivity contribution >= 4 is 34.4 Å². The van der Waals surface area contributed by atoms with Gasteiger partial charge in [0.1, 0.15) is 5.82 Å². The Morgan fingerprint density at radius 3 is 2.57 bits per heavy atom. The first-order valence-electron chi connectivity index (χ1n) is 7.42. The van der Waals surface area contributed by atoms with Gasteiger partial charge in [-0.1, -0.05) is 23.9 Å². The van der Waals surface area contributed by atoms with Crippen LogP contribution in [-0.2, 0) is 9.59 Å². The van der Waals surface area contributed by atoms with Gasteiger partial charge in [0.05, 0.1) is 12.2 Å². The molecule has 0 bridgehead atoms. The fourth-order valence-electron chi connectivity index (χ4n) is 2.56. The van der Waals surface area contributed by atoms with Crippen molar-refractivity contribution in [3.63, 3.8) is 0 Å². The summed E-state index contributed by atoms with van der Waals surface area (Å²) in [4.78, 5) is 31.6. The molecule has 0 unspecified atom stereocenters. The molecule has 2 amide bonds. The summed E-state index contributed by atoms with van der Waals surface area (Å²) < 4.78 is 13.8. The Morgan fingerprint density at radius 2 is 1.91 bits per heavy atom. The van der Waals surface area contributed by atoms with Gasteiger partial charge in [0.15, 0.2) is 5.17 Å². The van der Waals surface area contributed by atoms with Crippen molar-refractivity contribution < 1.29 is 14.0 Å². The maximum atomic E-state index is 13.8. The number of carbonyl (C=O) groups is 2. The van der Waals surface area contributed by atoms with Gasteiger partial charge in [-0.05, 0) is 12.1 Å². The number of rotatable bonds is 1. The lowest BCUT2D eigenvalue weighted by Gasteiger charge is -2.35. The van der Waals surface area contributed by atoms with Crippen molar-refractivity contribution in [2.45, 2.75) is 0 Å². The Bertz CT molecular complexity index is 644. The van der Waals surface area contributed by atoms with Gasteiger partial charge in [-0.15, -0.1) is 0 Å². The summed E-state index contributed by atoms with van der Waals surface area (Å²) in [6.45, 7) is 2.43. The maximum Gasteiger partial charge on any atom is 0.315 e. The highest BCUT2D eigenvalue weighted by molar-refractivity contribution is 8.14. The number of nitrogens with one attached hydrogen (secondary N) is 1. The molecule has 0 atom stereocenters. The zero-order valence-corrected chi connectivity index (χ0v) is 13.3. The normalized spacial score (nSPS) is 17.9. The Labute approximate surface area is 137 Å². The van der Waals surface area contributed by atoms with Gasteiger partial charge in [-0.25, -0.2) is 4.39 Å². The highest BCUT2D eigenvalue weighted by Crippen LogP contribution is 2.20. The molecule has 1 saturated heterocycles. The van der Waals surface area contributed by atoms with Gasteiger partial charge in [-0.3, -0.25) is 19.9 Å². The molecule has 8 heteroatoms. The average molecular weight is 336 g/mol. The van der Waals surface area contributed by atoms with Gasteiger partial charge >= 0.3 is 11.8 Å². The molecule has 1 aromatic carbocycles. The number of piperazine rings is 1. The first-order valence-corrected chi connectivity index (χ1v) is 8.40. The zero-order valence-electron chi connectivity index (χ0n) is 12.5. The van der Waals surface area contributed by atoms with Crippen molar-refractivity contribution in [1.29, 1.82) is 0 Å². The van der Waals surface area contributed by atoms with E-state index in [0.717, 1.165) is 5.75 Å². The molecule has 0 radical (unpaired) electrons. The number of amidine groups is 1. The molecular formula is C15H17FN4O2S. The van der Waals surface area contributed by atoms with Crippen molar-refractivity contribution in [3.8, 4) is 0 Å². The van der Waals surface area contributed by atoms with Crippen LogP contribution in [0.5, 0.6) is 0 Å². The number of hydrogen-bond acceptors (Lipinski definition) is 5. The van der Waals surface area contributed by atoms with Crippen LogP contribution in [0.4, 0.5) is 10.1 Å². The Kier molecular flexibility index (Phi) is 4.80. The quantitative estimate of drug-likeness (QED) is 0.767. The van der Waals surface area contributed by atoms with E-state index in [-0.39, 0.29) is 5.82 Å². The van der Waals surface area contributed by atoms with E-state index in [1.807, 2.05) is 4.90 Å². The predicted octanol–water partition coefficient (Wildman–Crippen LogP) is 0.693. The number of hydrogen-bond donors (Lipinski definition) is 1. The molecule has 1 aromatic rings. The fourth-order valence-corrected chi connectivity index (χ4v) is 3.29. The molecule has 2 aliphatic rings. The summed E-state index contributed by atoms with van der Waals surface area (Å²) in [7, 11) is 0. The molecule has 23 heavy (non-hydrogen) atoms. The van der Waals surface area contributed by atoms with E-state index in [4.69, 9.17) is 0 Å². The third-order valence-electron chi connectivity index (χ3n) is 3.76. The third kappa shape index (κ3) is 3.64. The standard InChI is InChI=1S/C15H17FN4O2S/c16-11-3-1-2-4-12(11)19-6-8-20(9-7-19)14(22)13(21)18-15-17-5-10-23-15/h1-4H,5-10H2,(H,17,18,21). The van der Waals surface area contributed by atoms with E-state index >= 15 is 0 Å². The topological polar surface area (TPSA) is 65.0 Å². The maximum absolute atomic E-state index is 13.8. The van der Waals surface area contributed by atoms with Gasteiger partial charge in [-0.2, -0.15) is 0 Å². The molecule has 2 heterocycles. The zero-order chi connectivity index (χ0) is 16.2. The molecule has 0 spiro atoms. The number of para-hydroxylation sites is 1. The SMILES string of the molecule is O=C(NC1=NCCS1)C(=O)N1CCN(c2ccccc2F)CC1. The van der Waals surface area contributed by atoms with Crippen LogP contribution in [-0.4, -0.2) is 60.4 Å². The van der Waals surface area contributed by atoms with Gasteiger partial charge < -0.3 is 9.80 Å². The van der Waals surface area contributed by atoms with Gasteiger partial charge in [0.2, 0.25) is 0 Å². The molecule has 6 nitrogen and oxygen atoms in total. The van der Waals surface area contributed by atoms with Crippen LogP contribution in [0.2, 0.25) is 0 Å². The summed E-state index contributed by atoms with van der Waals surface area (Å²) in [5, 5.41) is 3.04. The summed E-state index contributed by atoms with van der Waals surface area (Å²) in [6, 6.07) is 6.56. The summed E-state index contributed by atoms with van der Waals surface area (Å²) in [5.74, 6) is -0.669. The molecule has 0 aromatic heterocycles. The molecule has 1 fully saturated rings. The first kappa shape index (κ1) is 15.8.